The number of carbonyl (C=O) groups is 1. The van der Waals surface area contributed by atoms with Crippen molar-refractivity contribution in [1.29, 1.82) is 0 Å². The number of carbonyl (C=O) groups excluding carboxylic acids is 1. The van der Waals surface area contributed by atoms with Gasteiger partial charge < -0.3 is 0 Å². The first-order valence-corrected chi connectivity index (χ1v) is 7.19. The molecule has 0 saturated heterocycles. The largest absolute Gasteiger partial charge is 0.284 e. The van der Waals surface area contributed by atoms with Crippen LogP contribution < -0.4 is 5.48 Å². The Morgan fingerprint density at radius 2 is 1.95 bits per heavy atom. The molecule has 3 nitrogen and oxygen atoms in total. The normalized spacial score (nSPS) is 10.7. The molecule has 3 rings (SSSR count). The molecule has 3 aromatic rings. The fourth-order valence-corrected chi connectivity index (χ4v) is 2.86. The lowest BCUT2D eigenvalue weighted by atomic mass is 10.2. The minimum atomic E-state index is -0.326. The molecule has 5 heteroatoms. The van der Waals surface area contributed by atoms with Gasteiger partial charge in [0.05, 0.1) is 11.5 Å². The number of amides is 1. The topological polar surface area (TPSA) is 38.3 Å². The predicted molar refractivity (Wildman–Crippen MR) is 80.5 cm³/mol. The van der Waals surface area contributed by atoms with Gasteiger partial charge in [-0.15, -0.1) is 11.3 Å². The van der Waals surface area contributed by atoms with Gasteiger partial charge in [-0.25, -0.2) is 9.87 Å². The fourth-order valence-electron chi connectivity index (χ4n) is 1.94. The molecule has 0 fully saturated rings. The van der Waals surface area contributed by atoms with E-state index in [-0.39, 0.29) is 11.7 Å². The smallest absolute Gasteiger partial charge is 0.269 e. The highest BCUT2D eigenvalue weighted by Crippen LogP contribution is 2.26. The molecule has 1 aromatic heterocycles. The van der Waals surface area contributed by atoms with Crippen molar-refractivity contribution in [3.8, 4) is 0 Å². The number of hydrogen-bond donors (Lipinski definition) is 1. The summed E-state index contributed by atoms with van der Waals surface area (Å²) < 4.78 is 14.0. The maximum absolute atomic E-state index is 13.1. The zero-order valence-electron chi connectivity index (χ0n) is 11.0. The van der Waals surface area contributed by atoms with E-state index in [1.54, 1.807) is 12.1 Å². The van der Waals surface area contributed by atoms with Crippen molar-refractivity contribution in [1.82, 2.24) is 5.48 Å². The molecule has 0 radical (unpaired) electrons. The van der Waals surface area contributed by atoms with Crippen LogP contribution in [0.5, 0.6) is 0 Å². The highest BCUT2D eigenvalue weighted by molar-refractivity contribution is 7.20. The van der Waals surface area contributed by atoms with Gasteiger partial charge in [0.2, 0.25) is 0 Å². The summed E-state index contributed by atoms with van der Waals surface area (Å²) in [7, 11) is 0. The molecule has 0 saturated carbocycles. The standard InChI is InChI=1S/C16H12FNO2S/c17-13-6-7-14-12(8-13)9-15(21-14)16(19)18-20-10-11-4-2-1-3-5-11/h1-9H,10H2,(H,18,19). The highest BCUT2D eigenvalue weighted by Gasteiger charge is 2.10. The van der Waals surface area contributed by atoms with Crippen molar-refractivity contribution >= 4 is 27.3 Å². The summed E-state index contributed by atoms with van der Waals surface area (Å²) >= 11 is 1.30. The van der Waals surface area contributed by atoms with Gasteiger partial charge in [0.1, 0.15) is 5.82 Å². The van der Waals surface area contributed by atoms with Crippen molar-refractivity contribution < 1.29 is 14.0 Å². The number of nitrogens with one attached hydrogen (secondary N) is 1. The van der Waals surface area contributed by atoms with Crippen LogP contribution in [0.25, 0.3) is 10.1 Å². The van der Waals surface area contributed by atoms with Crippen LogP contribution in [0.3, 0.4) is 0 Å². The van der Waals surface area contributed by atoms with E-state index < -0.39 is 0 Å². The Morgan fingerprint density at radius 1 is 1.14 bits per heavy atom. The Morgan fingerprint density at radius 3 is 2.76 bits per heavy atom. The Hall–Kier alpha value is -2.24. The van der Waals surface area contributed by atoms with Gasteiger partial charge in [0.25, 0.3) is 5.91 Å². The van der Waals surface area contributed by atoms with Crippen LogP contribution in [0.15, 0.2) is 54.6 Å². The average molecular weight is 301 g/mol. The third-order valence-electron chi connectivity index (χ3n) is 2.95. The predicted octanol–water partition coefficient (Wildman–Crippen LogP) is 3.90. The van der Waals surface area contributed by atoms with Crippen LogP contribution in [-0.4, -0.2) is 5.91 Å². The van der Waals surface area contributed by atoms with Crippen molar-refractivity contribution in [3.63, 3.8) is 0 Å². The van der Waals surface area contributed by atoms with E-state index in [4.69, 9.17) is 4.84 Å². The quantitative estimate of drug-likeness (QED) is 0.742. The van der Waals surface area contributed by atoms with Gasteiger partial charge in [-0.1, -0.05) is 30.3 Å². The van der Waals surface area contributed by atoms with E-state index in [1.165, 1.54) is 23.5 Å². The molecule has 1 heterocycles. The van der Waals surface area contributed by atoms with Gasteiger partial charge in [-0.2, -0.15) is 0 Å². The molecule has 0 spiro atoms. The lowest BCUT2D eigenvalue weighted by molar-refractivity contribution is 0.0237. The molecule has 0 atom stereocenters. The number of thiophene rings is 1. The summed E-state index contributed by atoms with van der Waals surface area (Å²) in [5, 5.41) is 0.716. The molecule has 0 bridgehead atoms. The molecular weight excluding hydrogens is 289 g/mol. The Labute approximate surface area is 124 Å². The van der Waals surface area contributed by atoms with E-state index >= 15 is 0 Å². The van der Waals surface area contributed by atoms with Crippen LogP contribution >= 0.6 is 11.3 Å². The highest BCUT2D eigenvalue weighted by atomic mass is 32.1. The van der Waals surface area contributed by atoms with E-state index in [1.807, 2.05) is 30.3 Å². The second-order valence-electron chi connectivity index (χ2n) is 4.50. The summed E-state index contributed by atoms with van der Waals surface area (Å²) in [6, 6.07) is 15.7. The van der Waals surface area contributed by atoms with Crippen LogP contribution in [0.4, 0.5) is 4.39 Å². The molecule has 0 aliphatic heterocycles. The molecule has 0 aliphatic rings. The maximum Gasteiger partial charge on any atom is 0.284 e. The molecule has 106 valence electrons. The first kappa shape index (κ1) is 13.7. The fraction of sp³-hybridized carbons (Fsp3) is 0.0625. The van der Waals surface area contributed by atoms with E-state index in [9.17, 15) is 9.18 Å². The van der Waals surface area contributed by atoms with Crippen LogP contribution in [0, 0.1) is 5.82 Å². The van der Waals surface area contributed by atoms with Crippen molar-refractivity contribution in [2.45, 2.75) is 6.61 Å². The molecule has 2 aromatic carbocycles. The average Bonchev–Trinajstić information content (AvgIpc) is 2.91. The number of halogens is 1. The van der Waals surface area contributed by atoms with E-state index in [0.717, 1.165) is 10.3 Å². The van der Waals surface area contributed by atoms with E-state index in [2.05, 4.69) is 5.48 Å². The molecule has 1 N–H and O–H groups in total. The van der Waals surface area contributed by atoms with Gasteiger partial charge in [0.15, 0.2) is 0 Å². The van der Waals surface area contributed by atoms with Gasteiger partial charge >= 0.3 is 0 Å². The molecule has 0 aliphatic carbocycles. The van der Waals surface area contributed by atoms with Crippen molar-refractivity contribution in [3.05, 3.63) is 70.9 Å². The summed E-state index contributed by atoms with van der Waals surface area (Å²) in [5.74, 6) is -0.639. The molecule has 0 unspecified atom stereocenters. The number of hydrogen-bond acceptors (Lipinski definition) is 3. The van der Waals surface area contributed by atoms with Crippen molar-refractivity contribution in [2.75, 3.05) is 0 Å². The second kappa shape index (κ2) is 6.03. The van der Waals surface area contributed by atoms with Crippen LogP contribution in [0.1, 0.15) is 15.2 Å². The number of rotatable bonds is 4. The van der Waals surface area contributed by atoms with Gasteiger partial charge in [-0.05, 0) is 35.2 Å². The minimum absolute atomic E-state index is 0.298. The summed E-state index contributed by atoms with van der Waals surface area (Å²) in [6.45, 7) is 0.298. The SMILES string of the molecule is O=C(NOCc1ccccc1)c1cc2cc(F)ccc2s1. The third-order valence-corrected chi connectivity index (χ3v) is 4.06. The third kappa shape index (κ3) is 3.26. The molecular formula is C16H12FNO2S. The van der Waals surface area contributed by atoms with E-state index in [0.29, 0.717) is 16.9 Å². The second-order valence-corrected chi connectivity index (χ2v) is 5.58. The monoisotopic (exact) mass is 301 g/mol. The maximum atomic E-state index is 13.1. The summed E-state index contributed by atoms with van der Waals surface area (Å²) in [4.78, 5) is 17.6. The zero-order valence-corrected chi connectivity index (χ0v) is 11.8. The first-order chi connectivity index (χ1) is 10.2. The van der Waals surface area contributed by atoms with Gasteiger partial charge in [0, 0.05) is 4.70 Å². The lowest BCUT2D eigenvalue weighted by Gasteiger charge is -2.04. The van der Waals surface area contributed by atoms with Crippen LogP contribution in [-0.2, 0) is 11.4 Å². The zero-order chi connectivity index (χ0) is 14.7. The van der Waals surface area contributed by atoms with Gasteiger partial charge in [-0.3, -0.25) is 9.63 Å². The Kier molecular flexibility index (Phi) is 3.94. The summed E-state index contributed by atoms with van der Waals surface area (Å²) in [6.07, 6.45) is 0. The molecule has 21 heavy (non-hydrogen) atoms. The lowest BCUT2D eigenvalue weighted by Crippen LogP contribution is -2.22. The molecule has 1 amide bonds. The Balaban J connectivity index is 1.64. The minimum Gasteiger partial charge on any atom is -0.269 e. The number of hydroxylamine groups is 1. The number of fused-ring (bicyclic) bond motifs is 1. The van der Waals surface area contributed by atoms with Crippen molar-refractivity contribution in [2.24, 2.45) is 0 Å². The Bertz CT molecular complexity index is 770. The van der Waals surface area contributed by atoms with Crippen LogP contribution in [0.2, 0.25) is 0 Å². The number of benzene rings is 2. The first-order valence-electron chi connectivity index (χ1n) is 6.37. The summed E-state index contributed by atoms with van der Waals surface area (Å²) in [5.41, 5.74) is 3.37.